The molecule has 3 heteroatoms. The van der Waals surface area contributed by atoms with Crippen molar-refractivity contribution in [1.82, 2.24) is 0 Å². The molecule has 0 atom stereocenters. The van der Waals surface area contributed by atoms with Crippen molar-refractivity contribution in [2.24, 2.45) is 0 Å². The van der Waals surface area contributed by atoms with Gasteiger partial charge in [-0.05, 0) is 55.2 Å². The quantitative estimate of drug-likeness (QED) is 0.885. The number of benzene rings is 1. The first-order chi connectivity index (χ1) is 9.21. The lowest BCUT2D eigenvalue weighted by molar-refractivity contribution is -0.140. The Labute approximate surface area is 113 Å². The van der Waals surface area contributed by atoms with Gasteiger partial charge >= 0.3 is 5.97 Å². The zero-order valence-electron chi connectivity index (χ0n) is 11.1. The normalized spacial score (nSPS) is 22.8. The third-order valence-corrected chi connectivity index (χ3v) is 5.04. The molecule has 4 rings (SSSR count). The Morgan fingerprint density at radius 1 is 1.11 bits per heavy atom. The molecule has 0 aromatic heterocycles. The van der Waals surface area contributed by atoms with E-state index in [0.717, 1.165) is 31.2 Å². The molecule has 2 aliphatic heterocycles. The minimum absolute atomic E-state index is 0.550. The van der Waals surface area contributed by atoms with E-state index in [0.29, 0.717) is 0 Å². The van der Waals surface area contributed by atoms with Gasteiger partial charge < -0.3 is 10.0 Å². The molecule has 0 bridgehead atoms. The summed E-state index contributed by atoms with van der Waals surface area (Å²) in [5.74, 6) is -0.636. The topological polar surface area (TPSA) is 40.5 Å². The summed E-state index contributed by atoms with van der Waals surface area (Å²) in [6.07, 6.45) is 6.26. The van der Waals surface area contributed by atoms with Crippen LogP contribution in [0.2, 0.25) is 0 Å². The second-order valence-electron chi connectivity index (χ2n) is 6.22. The van der Waals surface area contributed by atoms with Crippen LogP contribution in [0.4, 0.5) is 5.69 Å². The zero-order chi connectivity index (χ0) is 13.0. The van der Waals surface area contributed by atoms with Crippen molar-refractivity contribution in [2.75, 3.05) is 18.0 Å². The van der Waals surface area contributed by atoms with Crippen molar-refractivity contribution in [3.8, 4) is 0 Å². The van der Waals surface area contributed by atoms with E-state index >= 15 is 0 Å². The molecule has 19 heavy (non-hydrogen) atoms. The van der Waals surface area contributed by atoms with Crippen molar-refractivity contribution in [3.63, 3.8) is 0 Å². The van der Waals surface area contributed by atoms with E-state index < -0.39 is 11.4 Å². The molecule has 1 aromatic carbocycles. The molecule has 0 saturated heterocycles. The Bertz CT molecular complexity index is 529. The van der Waals surface area contributed by atoms with E-state index in [1.54, 1.807) is 0 Å². The van der Waals surface area contributed by atoms with E-state index in [-0.39, 0.29) is 0 Å². The number of hydrogen-bond donors (Lipinski definition) is 1. The summed E-state index contributed by atoms with van der Waals surface area (Å²) in [5.41, 5.74) is 4.74. The maximum atomic E-state index is 11.5. The number of nitrogens with zero attached hydrogens (tertiary/aromatic N) is 1. The molecular formula is C16H19NO2. The second-order valence-corrected chi connectivity index (χ2v) is 6.22. The zero-order valence-corrected chi connectivity index (χ0v) is 11.1. The number of aryl methyl sites for hydroxylation is 2. The largest absolute Gasteiger partial charge is 0.481 e. The van der Waals surface area contributed by atoms with Crippen molar-refractivity contribution < 1.29 is 9.90 Å². The van der Waals surface area contributed by atoms with Gasteiger partial charge in [0.25, 0.3) is 0 Å². The van der Waals surface area contributed by atoms with Gasteiger partial charge in [-0.2, -0.15) is 0 Å². The highest BCUT2D eigenvalue weighted by atomic mass is 16.4. The van der Waals surface area contributed by atoms with Crippen molar-refractivity contribution in [1.29, 1.82) is 0 Å². The fourth-order valence-electron chi connectivity index (χ4n) is 3.83. The summed E-state index contributed by atoms with van der Waals surface area (Å²) in [4.78, 5) is 14.0. The van der Waals surface area contributed by atoms with Crippen molar-refractivity contribution in [3.05, 3.63) is 28.8 Å². The van der Waals surface area contributed by atoms with Gasteiger partial charge in [0, 0.05) is 18.8 Å². The van der Waals surface area contributed by atoms with E-state index in [1.807, 2.05) is 0 Å². The van der Waals surface area contributed by atoms with Crippen molar-refractivity contribution >= 4 is 11.7 Å². The van der Waals surface area contributed by atoms with E-state index in [2.05, 4.69) is 17.0 Å². The van der Waals surface area contributed by atoms with Crippen molar-refractivity contribution in [2.45, 2.75) is 43.9 Å². The molecule has 3 nitrogen and oxygen atoms in total. The van der Waals surface area contributed by atoms with Crippen LogP contribution in [-0.4, -0.2) is 24.2 Å². The molecule has 0 spiro atoms. The number of hydrogen-bond acceptors (Lipinski definition) is 2. The molecule has 1 aromatic rings. The molecule has 1 fully saturated rings. The van der Waals surface area contributed by atoms with Crippen LogP contribution in [-0.2, 0) is 23.1 Å². The Morgan fingerprint density at radius 2 is 1.68 bits per heavy atom. The number of aliphatic carboxylic acids is 1. The van der Waals surface area contributed by atoms with Crippen LogP contribution in [0.5, 0.6) is 0 Å². The number of anilines is 1. The van der Waals surface area contributed by atoms with Gasteiger partial charge in [-0.1, -0.05) is 12.1 Å². The lowest BCUT2D eigenvalue weighted by Crippen LogP contribution is -2.35. The Morgan fingerprint density at radius 3 is 2.16 bits per heavy atom. The van der Waals surface area contributed by atoms with Crippen LogP contribution in [0.3, 0.4) is 0 Å². The molecule has 0 radical (unpaired) electrons. The first-order valence-corrected chi connectivity index (χ1v) is 7.35. The van der Waals surface area contributed by atoms with Crippen LogP contribution in [0.15, 0.2) is 12.1 Å². The van der Waals surface area contributed by atoms with Gasteiger partial charge in [0.1, 0.15) is 0 Å². The van der Waals surface area contributed by atoms with E-state index in [9.17, 15) is 9.90 Å². The Balaban J connectivity index is 1.86. The highest BCUT2D eigenvalue weighted by Crippen LogP contribution is 2.50. The number of rotatable bonds is 2. The average molecular weight is 257 g/mol. The molecule has 3 aliphatic rings. The fraction of sp³-hybridized carbons (Fsp3) is 0.562. The molecule has 2 heterocycles. The first kappa shape index (κ1) is 11.3. The number of carbonyl (C=O) groups is 1. The Hall–Kier alpha value is -1.51. The molecule has 1 N–H and O–H groups in total. The van der Waals surface area contributed by atoms with E-state index in [1.165, 1.54) is 42.7 Å². The number of carboxylic acids is 1. The van der Waals surface area contributed by atoms with Gasteiger partial charge in [-0.3, -0.25) is 4.79 Å². The summed E-state index contributed by atoms with van der Waals surface area (Å²) in [6, 6.07) is 4.38. The smallest absolute Gasteiger partial charge is 0.314 e. The fourth-order valence-corrected chi connectivity index (χ4v) is 3.83. The standard InChI is InChI=1S/C16H19NO2/c18-15(19)16(5-6-16)13-9-11-3-1-7-17-8-2-4-12(10-13)14(11)17/h9-10H,1-8H2,(H,18,19). The second kappa shape index (κ2) is 3.75. The van der Waals surface area contributed by atoms with Crippen LogP contribution >= 0.6 is 0 Å². The van der Waals surface area contributed by atoms with Gasteiger partial charge in [0.2, 0.25) is 0 Å². The summed E-state index contributed by atoms with van der Waals surface area (Å²) in [6.45, 7) is 2.34. The van der Waals surface area contributed by atoms with Crippen LogP contribution in [0.1, 0.15) is 42.4 Å². The maximum absolute atomic E-state index is 11.5. The van der Waals surface area contributed by atoms with Gasteiger partial charge in [0.05, 0.1) is 5.41 Å². The Kier molecular flexibility index (Phi) is 2.23. The first-order valence-electron chi connectivity index (χ1n) is 7.35. The summed E-state index contributed by atoms with van der Waals surface area (Å²) >= 11 is 0. The molecule has 1 saturated carbocycles. The predicted molar refractivity (Wildman–Crippen MR) is 73.8 cm³/mol. The number of carboxylic acid groups (broad SMARTS) is 1. The van der Waals surface area contributed by atoms with Crippen LogP contribution in [0, 0.1) is 0 Å². The van der Waals surface area contributed by atoms with E-state index in [4.69, 9.17) is 0 Å². The lowest BCUT2D eigenvalue weighted by atomic mass is 9.85. The monoisotopic (exact) mass is 257 g/mol. The minimum atomic E-state index is -0.636. The van der Waals surface area contributed by atoms with Crippen LogP contribution < -0.4 is 4.90 Å². The van der Waals surface area contributed by atoms with Crippen LogP contribution in [0.25, 0.3) is 0 Å². The lowest BCUT2D eigenvalue weighted by Gasteiger charge is -2.37. The highest BCUT2D eigenvalue weighted by molar-refractivity contribution is 5.85. The summed E-state index contributed by atoms with van der Waals surface area (Å²) in [5, 5.41) is 9.48. The predicted octanol–water partition coefficient (Wildman–Crippen LogP) is 2.50. The maximum Gasteiger partial charge on any atom is 0.314 e. The average Bonchev–Trinajstić information content (AvgIpc) is 3.20. The molecule has 0 unspecified atom stereocenters. The van der Waals surface area contributed by atoms with Gasteiger partial charge in [-0.15, -0.1) is 0 Å². The van der Waals surface area contributed by atoms with Gasteiger partial charge in [0.15, 0.2) is 0 Å². The summed E-state index contributed by atoms with van der Waals surface area (Å²) < 4.78 is 0. The SMILES string of the molecule is O=C(O)C1(c2cc3c4c(c2)CCCN4CCC3)CC1. The third kappa shape index (κ3) is 1.54. The molecule has 1 aliphatic carbocycles. The summed E-state index contributed by atoms with van der Waals surface area (Å²) in [7, 11) is 0. The molecule has 100 valence electrons. The highest BCUT2D eigenvalue weighted by Gasteiger charge is 2.52. The molecular weight excluding hydrogens is 238 g/mol. The van der Waals surface area contributed by atoms with Gasteiger partial charge in [-0.25, -0.2) is 0 Å². The minimum Gasteiger partial charge on any atom is -0.481 e. The third-order valence-electron chi connectivity index (χ3n) is 5.04. The molecule has 0 amide bonds.